The van der Waals surface area contributed by atoms with Crippen molar-refractivity contribution in [1.29, 1.82) is 0 Å². The second-order valence-corrected chi connectivity index (χ2v) is 4.82. The molecule has 3 amide bonds. The maximum atomic E-state index is 12.1. The fourth-order valence-corrected chi connectivity index (χ4v) is 2.15. The van der Waals surface area contributed by atoms with Gasteiger partial charge >= 0.3 is 6.03 Å². The largest absolute Gasteiger partial charge is 0.339 e. The highest BCUT2D eigenvalue weighted by Crippen LogP contribution is 2.11. The van der Waals surface area contributed by atoms with Crippen LogP contribution in [0.2, 0.25) is 0 Å². The Balaban J connectivity index is 1.87. The van der Waals surface area contributed by atoms with Crippen LogP contribution in [0.15, 0.2) is 24.3 Å². The van der Waals surface area contributed by atoms with Gasteiger partial charge in [-0.05, 0) is 17.7 Å². The van der Waals surface area contributed by atoms with Gasteiger partial charge in [0, 0.05) is 45.3 Å². The van der Waals surface area contributed by atoms with Crippen LogP contribution in [-0.4, -0.2) is 47.9 Å². The summed E-state index contributed by atoms with van der Waals surface area (Å²) in [5.74, 6) is 0.0578. The molecular formula is C14H20N4O2. The van der Waals surface area contributed by atoms with Crippen molar-refractivity contribution in [1.82, 2.24) is 9.80 Å². The van der Waals surface area contributed by atoms with Gasteiger partial charge in [0.1, 0.15) is 0 Å². The molecule has 0 aromatic heterocycles. The van der Waals surface area contributed by atoms with Crippen LogP contribution in [0.25, 0.3) is 0 Å². The Hall–Kier alpha value is -2.08. The molecule has 0 saturated carbocycles. The van der Waals surface area contributed by atoms with Crippen LogP contribution in [0.4, 0.5) is 10.5 Å². The van der Waals surface area contributed by atoms with Gasteiger partial charge in [-0.3, -0.25) is 4.79 Å². The number of nitrogens with one attached hydrogen (secondary N) is 1. The summed E-state index contributed by atoms with van der Waals surface area (Å²) in [6.07, 6.45) is 0. The zero-order valence-electron chi connectivity index (χ0n) is 11.6. The van der Waals surface area contributed by atoms with Crippen LogP contribution in [0.5, 0.6) is 0 Å². The summed E-state index contributed by atoms with van der Waals surface area (Å²) in [5.41, 5.74) is 7.30. The number of carbonyl (C=O) groups is 2. The van der Waals surface area contributed by atoms with E-state index in [1.807, 2.05) is 24.3 Å². The van der Waals surface area contributed by atoms with Crippen molar-refractivity contribution in [3.8, 4) is 0 Å². The Labute approximate surface area is 118 Å². The second-order valence-electron chi connectivity index (χ2n) is 4.82. The number of urea groups is 1. The summed E-state index contributed by atoms with van der Waals surface area (Å²) in [5, 5.41) is 2.85. The first-order valence-corrected chi connectivity index (χ1v) is 6.70. The number of rotatable bonds is 2. The Bertz CT molecular complexity index is 478. The van der Waals surface area contributed by atoms with E-state index in [1.165, 1.54) is 0 Å². The molecule has 1 aromatic carbocycles. The van der Waals surface area contributed by atoms with Crippen LogP contribution in [0.1, 0.15) is 12.5 Å². The van der Waals surface area contributed by atoms with Crippen molar-refractivity contribution in [3.63, 3.8) is 0 Å². The minimum Gasteiger partial charge on any atom is -0.339 e. The van der Waals surface area contributed by atoms with Crippen molar-refractivity contribution < 1.29 is 9.59 Å². The van der Waals surface area contributed by atoms with Gasteiger partial charge in [-0.1, -0.05) is 12.1 Å². The molecule has 1 aliphatic heterocycles. The molecule has 6 nitrogen and oxygen atoms in total. The Morgan fingerprint density at radius 3 is 2.15 bits per heavy atom. The zero-order valence-corrected chi connectivity index (χ0v) is 11.6. The molecule has 1 aliphatic rings. The van der Waals surface area contributed by atoms with Gasteiger partial charge in [-0.25, -0.2) is 4.79 Å². The third kappa shape index (κ3) is 3.48. The molecule has 6 heteroatoms. The van der Waals surface area contributed by atoms with Crippen molar-refractivity contribution in [2.24, 2.45) is 5.73 Å². The van der Waals surface area contributed by atoms with E-state index in [0.29, 0.717) is 32.7 Å². The smallest absolute Gasteiger partial charge is 0.321 e. The lowest BCUT2D eigenvalue weighted by atomic mass is 10.2. The van der Waals surface area contributed by atoms with Crippen molar-refractivity contribution in [2.75, 3.05) is 31.5 Å². The maximum absolute atomic E-state index is 12.1. The molecule has 108 valence electrons. The topological polar surface area (TPSA) is 78.7 Å². The standard InChI is InChI=1S/C14H20N4O2/c1-11(19)17-6-8-18(9-7-17)14(20)16-13-4-2-12(10-15)3-5-13/h2-5H,6-10,15H2,1H3,(H,16,20). The molecule has 2 rings (SSSR count). The number of nitrogens with zero attached hydrogens (tertiary/aromatic N) is 2. The first kappa shape index (κ1) is 14.3. The molecule has 0 radical (unpaired) electrons. The van der Waals surface area contributed by atoms with Crippen LogP contribution < -0.4 is 11.1 Å². The SMILES string of the molecule is CC(=O)N1CCN(C(=O)Nc2ccc(CN)cc2)CC1. The summed E-state index contributed by atoms with van der Waals surface area (Å²) in [6, 6.07) is 7.33. The number of hydrogen-bond acceptors (Lipinski definition) is 3. The zero-order chi connectivity index (χ0) is 14.5. The van der Waals surface area contributed by atoms with E-state index in [2.05, 4.69) is 5.32 Å². The van der Waals surface area contributed by atoms with Gasteiger partial charge in [0.25, 0.3) is 0 Å². The van der Waals surface area contributed by atoms with E-state index in [4.69, 9.17) is 5.73 Å². The van der Waals surface area contributed by atoms with Gasteiger partial charge in [0.05, 0.1) is 0 Å². The highest BCUT2D eigenvalue weighted by atomic mass is 16.2. The van der Waals surface area contributed by atoms with E-state index in [9.17, 15) is 9.59 Å². The molecule has 0 spiro atoms. The number of benzene rings is 1. The van der Waals surface area contributed by atoms with Gasteiger partial charge < -0.3 is 20.9 Å². The first-order valence-electron chi connectivity index (χ1n) is 6.70. The van der Waals surface area contributed by atoms with Crippen molar-refractivity contribution in [3.05, 3.63) is 29.8 Å². The molecule has 1 heterocycles. The number of nitrogens with two attached hydrogens (primary N) is 1. The Morgan fingerprint density at radius 1 is 1.10 bits per heavy atom. The number of hydrogen-bond donors (Lipinski definition) is 2. The summed E-state index contributed by atoms with van der Waals surface area (Å²) in [7, 11) is 0. The van der Waals surface area contributed by atoms with E-state index in [0.717, 1.165) is 11.3 Å². The number of amides is 3. The van der Waals surface area contributed by atoms with E-state index in [1.54, 1.807) is 16.7 Å². The number of anilines is 1. The van der Waals surface area contributed by atoms with Crippen LogP contribution in [-0.2, 0) is 11.3 Å². The van der Waals surface area contributed by atoms with Gasteiger partial charge in [-0.2, -0.15) is 0 Å². The van der Waals surface area contributed by atoms with E-state index in [-0.39, 0.29) is 11.9 Å². The molecule has 1 aromatic rings. The lowest BCUT2D eigenvalue weighted by Gasteiger charge is -2.34. The molecule has 1 fully saturated rings. The van der Waals surface area contributed by atoms with Gasteiger partial charge in [0.15, 0.2) is 0 Å². The molecular weight excluding hydrogens is 256 g/mol. The highest BCUT2D eigenvalue weighted by Gasteiger charge is 2.22. The van der Waals surface area contributed by atoms with E-state index >= 15 is 0 Å². The molecule has 0 atom stereocenters. The highest BCUT2D eigenvalue weighted by molar-refractivity contribution is 5.89. The normalized spacial score (nSPS) is 15.1. The summed E-state index contributed by atoms with van der Waals surface area (Å²) in [4.78, 5) is 26.8. The third-order valence-corrected chi connectivity index (χ3v) is 3.45. The Morgan fingerprint density at radius 2 is 1.65 bits per heavy atom. The number of carbonyl (C=O) groups excluding carboxylic acids is 2. The van der Waals surface area contributed by atoms with E-state index < -0.39 is 0 Å². The molecule has 20 heavy (non-hydrogen) atoms. The van der Waals surface area contributed by atoms with Gasteiger partial charge in [-0.15, -0.1) is 0 Å². The number of piperazine rings is 1. The van der Waals surface area contributed by atoms with Crippen LogP contribution in [0.3, 0.4) is 0 Å². The monoisotopic (exact) mass is 276 g/mol. The average Bonchev–Trinajstić information content (AvgIpc) is 2.48. The molecule has 3 N–H and O–H groups in total. The fourth-order valence-electron chi connectivity index (χ4n) is 2.15. The minimum absolute atomic E-state index is 0.0578. The predicted octanol–water partition coefficient (Wildman–Crippen LogP) is 0.841. The van der Waals surface area contributed by atoms with Gasteiger partial charge in [0.2, 0.25) is 5.91 Å². The lowest BCUT2D eigenvalue weighted by Crippen LogP contribution is -2.51. The third-order valence-electron chi connectivity index (χ3n) is 3.45. The van der Waals surface area contributed by atoms with Crippen LogP contribution >= 0.6 is 0 Å². The Kier molecular flexibility index (Phi) is 4.57. The molecule has 0 unspecified atom stereocenters. The van der Waals surface area contributed by atoms with Crippen LogP contribution in [0, 0.1) is 0 Å². The second kappa shape index (κ2) is 6.38. The van der Waals surface area contributed by atoms with Crippen molar-refractivity contribution >= 4 is 17.6 Å². The summed E-state index contributed by atoms with van der Waals surface area (Å²) < 4.78 is 0. The fraction of sp³-hybridized carbons (Fsp3) is 0.429. The lowest BCUT2D eigenvalue weighted by molar-refractivity contribution is -0.130. The first-order chi connectivity index (χ1) is 9.60. The molecule has 1 saturated heterocycles. The summed E-state index contributed by atoms with van der Waals surface area (Å²) >= 11 is 0. The summed E-state index contributed by atoms with van der Waals surface area (Å²) in [6.45, 7) is 4.35. The average molecular weight is 276 g/mol. The molecule has 0 bridgehead atoms. The van der Waals surface area contributed by atoms with Crippen molar-refractivity contribution in [2.45, 2.75) is 13.5 Å². The maximum Gasteiger partial charge on any atom is 0.321 e. The molecule has 0 aliphatic carbocycles. The minimum atomic E-state index is -0.131. The quantitative estimate of drug-likeness (QED) is 0.840. The predicted molar refractivity (Wildman–Crippen MR) is 77.2 cm³/mol.